The Bertz CT molecular complexity index is 537. The van der Waals surface area contributed by atoms with Gasteiger partial charge in [0.25, 0.3) is 0 Å². The second-order valence-electron chi connectivity index (χ2n) is 4.29. The molecule has 0 spiro atoms. The lowest BCUT2D eigenvalue weighted by atomic mass is 10.0. The monoisotopic (exact) mass is 357 g/mol. The standard InChI is InChI=1S/C12H16IN5/c1-8-4-3-5-10(12(8)13)11(15-14)6-9-7-18(2)17-16-9/h3-5,7,11,15H,6,14H2,1-2H3. The molecular formula is C12H16IN5. The first kappa shape index (κ1) is 13.4. The van der Waals surface area contributed by atoms with Crippen LogP contribution in [0.15, 0.2) is 24.4 Å². The van der Waals surface area contributed by atoms with Gasteiger partial charge in [-0.15, -0.1) is 5.10 Å². The lowest BCUT2D eigenvalue weighted by Gasteiger charge is -2.17. The number of halogens is 1. The fraction of sp³-hybridized carbons (Fsp3) is 0.333. The summed E-state index contributed by atoms with van der Waals surface area (Å²) in [6.07, 6.45) is 2.64. The first-order chi connectivity index (χ1) is 8.61. The molecule has 0 radical (unpaired) electrons. The molecular weight excluding hydrogens is 341 g/mol. The number of hydrogen-bond acceptors (Lipinski definition) is 4. The molecule has 3 N–H and O–H groups in total. The van der Waals surface area contributed by atoms with Crippen molar-refractivity contribution < 1.29 is 0 Å². The molecule has 1 aromatic heterocycles. The lowest BCUT2D eigenvalue weighted by Crippen LogP contribution is -2.30. The SMILES string of the molecule is Cc1cccc(C(Cc2cn(C)nn2)NN)c1I. The van der Waals surface area contributed by atoms with Crippen LogP contribution in [0.3, 0.4) is 0 Å². The van der Waals surface area contributed by atoms with Gasteiger partial charge in [0.15, 0.2) is 0 Å². The predicted molar refractivity (Wildman–Crippen MR) is 78.7 cm³/mol. The summed E-state index contributed by atoms with van der Waals surface area (Å²) < 4.78 is 2.94. The normalized spacial score (nSPS) is 12.7. The van der Waals surface area contributed by atoms with Gasteiger partial charge in [-0.25, -0.2) is 0 Å². The van der Waals surface area contributed by atoms with Crippen LogP contribution in [0.4, 0.5) is 0 Å². The summed E-state index contributed by atoms with van der Waals surface area (Å²) in [5, 5.41) is 8.03. The number of hydrazine groups is 1. The van der Waals surface area contributed by atoms with E-state index in [1.54, 1.807) is 4.68 Å². The summed E-state index contributed by atoms with van der Waals surface area (Å²) in [4.78, 5) is 0. The van der Waals surface area contributed by atoms with E-state index in [0.29, 0.717) is 0 Å². The van der Waals surface area contributed by atoms with E-state index < -0.39 is 0 Å². The third kappa shape index (κ3) is 2.88. The molecule has 5 nitrogen and oxygen atoms in total. The van der Waals surface area contributed by atoms with E-state index in [4.69, 9.17) is 5.84 Å². The molecule has 1 aromatic carbocycles. The van der Waals surface area contributed by atoms with Crippen LogP contribution in [0.25, 0.3) is 0 Å². The van der Waals surface area contributed by atoms with Crippen molar-refractivity contribution in [1.29, 1.82) is 0 Å². The van der Waals surface area contributed by atoms with Crippen molar-refractivity contribution in [3.63, 3.8) is 0 Å². The minimum absolute atomic E-state index is 0.0495. The van der Waals surface area contributed by atoms with Gasteiger partial charge in [-0.3, -0.25) is 16.0 Å². The van der Waals surface area contributed by atoms with Gasteiger partial charge in [0, 0.05) is 23.2 Å². The molecule has 0 bridgehead atoms. The third-order valence-electron chi connectivity index (χ3n) is 2.86. The van der Waals surface area contributed by atoms with Crippen LogP contribution in [0.5, 0.6) is 0 Å². The molecule has 96 valence electrons. The number of hydrogen-bond donors (Lipinski definition) is 2. The van der Waals surface area contributed by atoms with Gasteiger partial charge >= 0.3 is 0 Å². The Labute approximate surface area is 120 Å². The maximum atomic E-state index is 5.67. The molecule has 0 fully saturated rings. The van der Waals surface area contributed by atoms with Gasteiger partial charge in [-0.05, 0) is 40.6 Å². The molecule has 0 saturated carbocycles. The van der Waals surface area contributed by atoms with Crippen LogP contribution in [-0.2, 0) is 13.5 Å². The number of nitrogens with zero attached hydrogens (tertiary/aromatic N) is 3. The maximum Gasteiger partial charge on any atom is 0.0846 e. The molecule has 1 unspecified atom stereocenters. The number of aryl methyl sites for hydroxylation is 2. The molecule has 6 heteroatoms. The minimum atomic E-state index is 0.0495. The second kappa shape index (κ2) is 5.77. The highest BCUT2D eigenvalue weighted by molar-refractivity contribution is 14.1. The zero-order chi connectivity index (χ0) is 13.1. The number of nitrogens with one attached hydrogen (secondary N) is 1. The Hall–Kier alpha value is -0.990. The summed E-state index contributed by atoms with van der Waals surface area (Å²) in [5.41, 5.74) is 6.25. The fourth-order valence-electron chi connectivity index (χ4n) is 1.90. The van der Waals surface area contributed by atoms with Crippen molar-refractivity contribution in [3.05, 3.63) is 44.8 Å². The Balaban J connectivity index is 2.25. The van der Waals surface area contributed by atoms with Crippen molar-refractivity contribution in [1.82, 2.24) is 20.4 Å². The van der Waals surface area contributed by atoms with E-state index in [1.807, 2.05) is 19.3 Å². The molecule has 0 aliphatic rings. The van der Waals surface area contributed by atoms with Gasteiger partial charge in [0.1, 0.15) is 0 Å². The van der Waals surface area contributed by atoms with Crippen LogP contribution < -0.4 is 11.3 Å². The van der Waals surface area contributed by atoms with Crippen molar-refractivity contribution >= 4 is 22.6 Å². The zero-order valence-corrected chi connectivity index (χ0v) is 12.5. The van der Waals surface area contributed by atoms with Gasteiger partial charge in [-0.2, -0.15) is 0 Å². The van der Waals surface area contributed by atoms with E-state index in [1.165, 1.54) is 14.7 Å². The third-order valence-corrected chi connectivity index (χ3v) is 4.34. The first-order valence-electron chi connectivity index (χ1n) is 5.68. The summed E-state index contributed by atoms with van der Waals surface area (Å²) in [6.45, 7) is 2.10. The topological polar surface area (TPSA) is 68.8 Å². The Morgan fingerprint density at radius 1 is 1.50 bits per heavy atom. The number of benzene rings is 1. The Morgan fingerprint density at radius 3 is 2.89 bits per heavy atom. The van der Waals surface area contributed by atoms with E-state index >= 15 is 0 Å². The highest BCUT2D eigenvalue weighted by atomic mass is 127. The van der Waals surface area contributed by atoms with Crippen molar-refractivity contribution in [2.45, 2.75) is 19.4 Å². The highest BCUT2D eigenvalue weighted by Gasteiger charge is 2.16. The van der Waals surface area contributed by atoms with E-state index in [-0.39, 0.29) is 6.04 Å². The highest BCUT2D eigenvalue weighted by Crippen LogP contribution is 2.24. The average molecular weight is 357 g/mol. The predicted octanol–water partition coefficient (Wildman–Crippen LogP) is 1.48. The fourth-order valence-corrected chi connectivity index (χ4v) is 2.63. The summed E-state index contributed by atoms with van der Waals surface area (Å²) in [6, 6.07) is 6.29. The van der Waals surface area contributed by atoms with Gasteiger partial charge in [0.05, 0.1) is 11.7 Å². The molecule has 2 rings (SSSR count). The Morgan fingerprint density at radius 2 is 2.28 bits per heavy atom. The van der Waals surface area contributed by atoms with Crippen molar-refractivity contribution in [2.24, 2.45) is 12.9 Å². The quantitative estimate of drug-likeness (QED) is 0.494. The molecule has 1 atom stereocenters. The number of aromatic nitrogens is 3. The Kier molecular flexibility index (Phi) is 4.31. The average Bonchev–Trinajstić information content (AvgIpc) is 2.76. The summed E-state index contributed by atoms with van der Waals surface area (Å²) >= 11 is 2.35. The van der Waals surface area contributed by atoms with Crippen LogP contribution >= 0.6 is 22.6 Å². The summed E-state index contributed by atoms with van der Waals surface area (Å²) in [5.74, 6) is 5.67. The first-order valence-corrected chi connectivity index (χ1v) is 6.76. The van der Waals surface area contributed by atoms with Gasteiger partial charge in [0.2, 0.25) is 0 Å². The number of rotatable bonds is 4. The van der Waals surface area contributed by atoms with Crippen LogP contribution in [0.1, 0.15) is 22.9 Å². The van der Waals surface area contributed by atoms with Crippen LogP contribution in [-0.4, -0.2) is 15.0 Å². The maximum absolute atomic E-state index is 5.67. The van der Waals surface area contributed by atoms with E-state index in [0.717, 1.165) is 12.1 Å². The minimum Gasteiger partial charge on any atom is -0.271 e. The smallest absolute Gasteiger partial charge is 0.0846 e. The largest absolute Gasteiger partial charge is 0.271 e. The molecule has 18 heavy (non-hydrogen) atoms. The molecule has 1 heterocycles. The van der Waals surface area contributed by atoms with Gasteiger partial charge < -0.3 is 0 Å². The zero-order valence-electron chi connectivity index (χ0n) is 10.4. The summed E-state index contributed by atoms with van der Waals surface area (Å²) in [7, 11) is 1.86. The van der Waals surface area contributed by atoms with E-state index in [2.05, 4.69) is 57.4 Å². The van der Waals surface area contributed by atoms with E-state index in [9.17, 15) is 0 Å². The molecule has 0 saturated heterocycles. The lowest BCUT2D eigenvalue weighted by molar-refractivity contribution is 0.543. The molecule has 0 aliphatic heterocycles. The van der Waals surface area contributed by atoms with Gasteiger partial charge in [-0.1, -0.05) is 23.4 Å². The molecule has 0 aliphatic carbocycles. The van der Waals surface area contributed by atoms with Crippen molar-refractivity contribution in [2.75, 3.05) is 0 Å². The number of nitrogens with two attached hydrogens (primary N) is 1. The van der Waals surface area contributed by atoms with Crippen LogP contribution in [0, 0.1) is 10.5 Å². The molecule has 0 amide bonds. The van der Waals surface area contributed by atoms with Crippen molar-refractivity contribution in [3.8, 4) is 0 Å². The van der Waals surface area contributed by atoms with Crippen LogP contribution in [0.2, 0.25) is 0 Å². The second-order valence-corrected chi connectivity index (χ2v) is 5.36. The molecule has 2 aromatic rings.